The Hall–Kier alpha value is -3.08. The van der Waals surface area contributed by atoms with Crippen molar-refractivity contribution in [2.75, 3.05) is 5.32 Å². The second-order valence-electron chi connectivity index (χ2n) is 5.21. The number of benzene rings is 1. The van der Waals surface area contributed by atoms with E-state index in [0.717, 1.165) is 16.8 Å². The zero-order valence-corrected chi connectivity index (χ0v) is 12.9. The third-order valence-electron chi connectivity index (χ3n) is 3.35. The van der Waals surface area contributed by atoms with Gasteiger partial charge in [-0.3, -0.25) is 9.78 Å². The Morgan fingerprint density at radius 2 is 1.78 bits per heavy atom. The number of hydrogen-bond donors (Lipinski definition) is 1. The van der Waals surface area contributed by atoms with Gasteiger partial charge in [0.1, 0.15) is 11.6 Å². The number of aromatic nitrogens is 3. The minimum absolute atomic E-state index is 0.194. The summed E-state index contributed by atoms with van der Waals surface area (Å²) in [5.41, 5.74) is 3.43. The van der Waals surface area contributed by atoms with E-state index in [0.29, 0.717) is 17.2 Å². The van der Waals surface area contributed by atoms with Gasteiger partial charge in [-0.05, 0) is 43.2 Å². The summed E-state index contributed by atoms with van der Waals surface area (Å²) in [7, 11) is 0. The predicted octanol–water partition coefficient (Wildman–Crippen LogP) is 3.41. The molecule has 1 amide bonds. The fourth-order valence-electron chi connectivity index (χ4n) is 2.32. The van der Waals surface area contributed by atoms with Gasteiger partial charge in [0.2, 0.25) is 0 Å². The lowest BCUT2D eigenvalue weighted by Gasteiger charge is -2.07. The van der Waals surface area contributed by atoms with E-state index in [2.05, 4.69) is 20.3 Å². The molecule has 2 aromatic heterocycles. The van der Waals surface area contributed by atoms with Crippen molar-refractivity contribution in [2.24, 2.45) is 0 Å². The van der Waals surface area contributed by atoms with Crippen molar-refractivity contribution in [3.8, 4) is 11.1 Å². The number of anilines is 1. The molecule has 0 unspecified atom stereocenters. The highest BCUT2D eigenvalue weighted by Crippen LogP contribution is 2.19. The lowest BCUT2D eigenvalue weighted by molar-refractivity contribution is 0.102. The Balaban J connectivity index is 1.78. The lowest BCUT2D eigenvalue weighted by atomic mass is 10.1. The summed E-state index contributed by atoms with van der Waals surface area (Å²) in [5.74, 6) is 0.948. The minimum Gasteiger partial charge on any atom is -0.306 e. The molecule has 2 heterocycles. The summed E-state index contributed by atoms with van der Waals surface area (Å²) >= 11 is 0. The number of amides is 1. The van der Waals surface area contributed by atoms with Gasteiger partial charge in [0.05, 0.1) is 0 Å². The molecule has 5 heteroatoms. The van der Waals surface area contributed by atoms with Crippen LogP contribution in [0.3, 0.4) is 0 Å². The van der Waals surface area contributed by atoms with Gasteiger partial charge in [-0.15, -0.1) is 0 Å². The summed E-state index contributed by atoms with van der Waals surface area (Å²) in [6.07, 6.45) is 3.53. The van der Waals surface area contributed by atoms with Crippen molar-refractivity contribution in [1.29, 1.82) is 0 Å². The van der Waals surface area contributed by atoms with Crippen molar-refractivity contribution >= 4 is 11.7 Å². The molecule has 1 aromatic carbocycles. The highest BCUT2D eigenvalue weighted by Gasteiger charge is 2.08. The molecule has 23 heavy (non-hydrogen) atoms. The van der Waals surface area contributed by atoms with E-state index in [1.165, 1.54) is 0 Å². The molecular formula is C18H16N4O. The van der Waals surface area contributed by atoms with E-state index in [4.69, 9.17) is 0 Å². The van der Waals surface area contributed by atoms with Gasteiger partial charge in [0, 0.05) is 29.7 Å². The molecule has 0 saturated carbocycles. The molecular weight excluding hydrogens is 288 g/mol. The number of nitrogens with one attached hydrogen (secondary N) is 1. The normalized spacial score (nSPS) is 10.3. The molecule has 0 fully saturated rings. The summed E-state index contributed by atoms with van der Waals surface area (Å²) in [5, 5.41) is 2.80. The highest BCUT2D eigenvalue weighted by molar-refractivity contribution is 6.04. The molecule has 3 rings (SSSR count). The van der Waals surface area contributed by atoms with Crippen LogP contribution in [0.25, 0.3) is 11.1 Å². The fourth-order valence-corrected chi connectivity index (χ4v) is 2.32. The van der Waals surface area contributed by atoms with Crippen molar-refractivity contribution in [1.82, 2.24) is 15.0 Å². The number of carbonyl (C=O) groups is 1. The average molecular weight is 304 g/mol. The molecule has 0 aliphatic rings. The van der Waals surface area contributed by atoms with Crippen molar-refractivity contribution < 1.29 is 4.79 Å². The first-order valence-electron chi connectivity index (χ1n) is 7.26. The van der Waals surface area contributed by atoms with E-state index in [1.54, 1.807) is 37.5 Å². The quantitative estimate of drug-likeness (QED) is 0.805. The third kappa shape index (κ3) is 3.58. The van der Waals surface area contributed by atoms with Gasteiger partial charge in [0.15, 0.2) is 0 Å². The number of pyridine rings is 1. The van der Waals surface area contributed by atoms with Crippen LogP contribution in [0.5, 0.6) is 0 Å². The van der Waals surface area contributed by atoms with Crippen LogP contribution in [0.15, 0.2) is 54.9 Å². The van der Waals surface area contributed by atoms with E-state index >= 15 is 0 Å². The Morgan fingerprint density at radius 1 is 1.00 bits per heavy atom. The first-order chi connectivity index (χ1) is 11.1. The first kappa shape index (κ1) is 14.8. The molecule has 0 saturated heterocycles. The number of hydrogen-bond acceptors (Lipinski definition) is 4. The molecule has 0 atom stereocenters. The standard InChI is InChI=1S/C18H16N4O/c1-12-10-17(21-13(2)20-12)22-18(23)15-7-5-14(6-8-15)16-4-3-9-19-11-16/h3-11H,1-2H3,(H,20,21,22,23). The van der Waals surface area contributed by atoms with Crippen LogP contribution in [0, 0.1) is 13.8 Å². The van der Waals surface area contributed by atoms with Crippen LogP contribution in [0.1, 0.15) is 21.9 Å². The number of nitrogens with zero attached hydrogens (tertiary/aromatic N) is 3. The molecule has 0 aliphatic carbocycles. The van der Waals surface area contributed by atoms with Gasteiger partial charge in [0.25, 0.3) is 5.91 Å². The minimum atomic E-state index is -0.194. The molecule has 114 valence electrons. The van der Waals surface area contributed by atoms with Gasteiger partial charge < -0.3 is 5.32 Å². The van der Waals surface area contributed by atoms with Crippen molar-refractivity contribution in [2.45, 2.75) is 13.8 Å². The summed E-state index contributed by atoms with van der Waals surface area (Å²) in [4.78, 5) is 24.8. The maximum atomic E-state index is 12.3. The lowest BCUT2D eigenvalue weighted by Crippen LogP contribution is -2.13. The summed E-state index contributed by atoms with van der Waals surface area (Å²) < 4.78 is 0. The van der Waals surface area contributed by atoms with Gasteiger partial charge in [-0.25, -0.2) is 9.97 Å². The van der Waals surface area contributed by atoms with Crippen LogP contribution in [0.4, 0.5) is 5.82 Å². The van der Waals surface area contributed by atoms with E-state index < -0.39 is 0 Å². The molecule has 0 aliphatic heterocycles. The second kappa shape index (κ2) is 6.36. The van der Waals surface area contributed by atoms with E-state index in [1.807, 2.05) is 31.2 Å². The van der Waals surface area contributed by atoms with Crippen LogP contribution in [-0.2, 0) is 0 Å². The number of carbonyl (C=O) groups excluding carboxylic acids is 1. The average Bonchev–Trinajstić information content (AvgIpc) is 2.55. The molecule has 1 N–H and O–H groups in total. The molecule has 0 bridgehead atoms. The molecule has 5 nitrogen and oxygen atoms in total. The first-order valence-corrected chi connectivity index (χ1v) is 7.26. The highest BCUT2D eigenvalue weighted by atomic mass is 16.1. The number of rotatable bonds is 3. The number of aryl methyl sites for hydroxylation is 2. The van der Waals surface area contributed by atoms with Crippen molar-refractivity contribution in [3.63, 3.8) is 0 Å². The molecule has 3 aromatic rings. The predicted molar refractivity (Wildman–Crippen MR) is 89.1 cm³/mol. The zero-order chi connectivity index (χ0) is 16.2. The van der Waals surface area contributed by atoms with Crippen LogP contribution in [0.2, 0.25) is 0 Å². The Labute approximate surface area is 134 Å². The van der Waals surface area contributed by atoms with Crippen LogP contribution >= 0.6 is 0 Å². The Morgan fingerprint density at radius 3 is 2.43 bits per heavy atom. The van der Waals surface area contributed by atoms with Gasteiger partial charge in [-0.1, -0.05) is 18.2 Å². The SMILES string of the molecule is Cc1cc(NC(=O)c2ccc(-c3cccnc3)cc2)nc(C)n1. The Kier molecular flexibility index (Phi) is 4.10. The summed E-state index contributed by atoms with van der Waals surface area (Å²) in [6.45, 7) is 3.67. The smallest absolute Gasteiger partial charge is 0.256 e. The topological polar surface area (TPSA) is 67.8 Å². The van der Waals surface area contributed by atoms with Gasteiger partial charge in [-0.2, -0.15) is 0 Å². The molecule has 0 radical (unpaired) electrons. The zero-order valence-electron chi connectivity index (χ0n) is 12.9. The second-order valence-corrected chi connectivity index (χ2v) is 5.21. The fraction of sp³-hybridized carbons (Fsp3) is 0.111. The van der Waals surface area contributed by atoms with Crippen molar-refractivity contribution in [3.05, 3.63) is 71.9 Å². The summed E-state index contributed by atoms with van der Waals surface area (Å²) in [6, 6.07) is 13.0. The van der Waals surface area contributed by atoms with Gasteiger partial charge >= 0.3 is 0 Å². The van der Waals surface area contributed by atoms with Crippen LogP contribution in [-0.4, -0.2) is 20.9 Å². The monoisotopic (exact) mass is 304 g/mol. The maximum absolute atomic E-state index is 12.3. The maximum Gasteiger partial charge on any atom is 0.256 e. The molecule has 0 spiro atoms. The third-order valence-corrected chi connectivity index (χ3v) is 3.35. The van der Waals surface area contributed by atoms with E-state index in [9.17, 15) is 4.79 Å². The van der Waals surface area contributed by atoms with E-state index in [-0.39, 0.29) is 5.91 Å². The van der Waals surface area contributed by atoms with Crippen LogP contribution < -0.4 is 5.32 Å². The largest absolute Gasteiger partial charge is 0.306 e. The Bertz CT molecular complexity index is 809.